The number of rotatable bonds is 2. The standard InChI is InChI=1S/C13H18Br2N2/c1-9-7-13(16-8-11(9)15)17(2)12-6-4-3-5-10(12)14/h7-8,10,12H,3-6H2,1-2H3. The van der Waals surface area contributed by atoms with Crippen LogP contribution in [0.5, 0.6) is 0 Å². The molecule has 0 aromatic carbocycles. The van der Waals surface area contributed by atoms with E-state index in [9.17, 15) is 0 Å². The lowest BCUT2D eigenvalue weighted by Crippen LogP contribution is -2.41. The second-order valence-corrected chi connectivity index (χ2v) is 6.80. The molecule has 2 atom stereocenters. The van der Waals surface area contributed by atoms with Crippen molar-refractivity contribution in [2.45, 2.75) is 43.5 Å². The molecule has 1 aliphatic carbocycles. The highest BCUT2D eigenvalue weighted by atomic mass is 79.9. The van der Waals surface area contributed by atoms with Gasteiger partial charge in [-0.05, 0) is 47.3 Å². The molecule has 0 N–H and O–H groups in total. The van der Waals surface area contributed by atoms with Gasteiger partial charge in [-0.1, -0.05) is 28.8 Å². The van der Waals surface area contributed by atoms with Gasteiger partial charge in [0.05, 0.1) is 0 Å². The summed E-state index contributed by atoms with van der Waals surface area (Å²) in [6, 6.07) is 2.72. The van der Waals surface area contributed by atoms with E-state index in [1.54, 1.807) is 0 Å². The Morgan fingerprint density at radius 1 is 1.35 bits per heavy atom. The molecule has 0 saturated heterocycles. The Morgan fingerprint density at radius 3 is 2.71 bits per heavy atom. The van der Waals surface area contributed by atoms with Gasteiger partial charge in [0.25, 0.3) is 0 Å². The second kappa shape index (κ2) is 5.70. The number of hydrogen-bond donors (Lipinski definition) is 0. The van der Waals surface area contributed by atoms with Gasteiger partial charge in [0.2, 0.25) is 0 Å². The molecule has 1 aromatic heterocycles. The topological polar surface area (TPSA) is 16.1 Å². The number of aromatic nitrogens is 1. The van der Waals surface area contributed by atoms with Crippen LogP contribution in [0.15, 0.2) is 16.7 Å². The molecule has 0 bridgehead atoms. The minimum atomic E-state index is 0.567. The first-order chi connectivity index (χ1) is 8.09. The molecule has 2 nitrogen and oxygen atoms in total. The molecule has 0 aliphatic heterocycles. The number of alkyl halides is 1. The Morgan fingerprint density at radius 2 is 2.06 bits per heavy atom. The molecule has 94 valence electrons. The lowest BCUT2D eigenvalue weighted by atomic mass is 9.94. The van der Waals surface area contributed by atoms with Gasteiger partial charge in [0, 0.05) is 28.6 Å². The van der Waals surface area contributed by atoms with Crippen molar-refractivity contribution in [3.05, 3.63) is 22.3 Å². The van der Waals surface area contributed by atoms with Crippen LogP contribution in [0, 0.1) is 6.92 Å². The van der Waals surface area contributed by atoms with E-state index in [2.05, 4.69) is 61.8 Å². The summed E-state index contributed by atoms with van der Waals surface area (Å²) in [5, 5.41) is 0. The number of anilines is 1. The number of aryl methyl sites for hydroxylation is 1. The van der Waals surface area contributed by atoms with Crippen molar-refractivity contribution in [1.29, 1.82) is 0 Å². The highest BCUT2D eigenvalue weighted by molar-refractivity contribution is 9.10. The molecule has 2 unspecified atom stereocenters. The zero-order chi connectivity index (χ0) is 12.4. The Kier molecular flexibility index (Phi) is 4.47. The Bertz CT molecular complexity index is 395. The van der Waals surface area contributed by atoms with Crippen LogP contribution in [0.3, 0.4) is 0 Å². The van der Waals surface area contributed by atoms with Crippen LogP contribution in [0.25, 0.3) is 0 Å². The molecule has 0 spiro atoms. The van der Waals surface area contributed by atoms with Gasteiger partial charge in [0.1, 0.15) is 5.82 Å². The molecule has 2 rings (SSSR count). The van der Waals surface area contributed by atoms with Gasteiger partial charge in [-0.3, -0.25) is 0 Å². The van der Waals surface area contributed by atoms with Crippen LogP contribution < -0.4 is 4.90 Å². The fourth-order valence-electron chi connectivity index (χ4n) is 2.39. The zero-order valence-corrected chi connectivity index (χ0v) is 13.5. The first-order valence-corrected chi connectivity index (χ1v) is 7.79. The summed E-state index contributed by atoms with van der Waals surface area (Å²) >= 11 is 7.30. The maximum Gasteiger partial charge on any atom is 0.128 e. The van der Waals surface area contributed by atoms with Crippen molar-refractivity contribution in [3.8, 4) is 0 Å². The first-order valence-electron chi connectivity index (χ1n) is 6.08. The Hall–Kier alpha value is -0.0900. The average molecular weight is 362 g/mol. The summed E-state index contributed by atoms with van der Waals surface area (Å²) in [5.41, 5.74) is 1.24. The predicted octanol–water partition coefficient (Wildman–Crippen LogP) is 4.29. The minimum Gasteiger partial charge on any atom is -0.356 e. The van der Waals surface area contributed by atoms with Gasteiger partial charge in [0.15, 0.2) is 0 Å². The Labute approximate surface area is 120 Å². The SMILES string of the molecule is Cc1cc(N(C)C2CCCCC2Br)ncc1Br. The molecule has 1 aliphatic rings. The third kappa shape index (κ3) is 3.02. The van der Waals surface area contributed by atoms with Crippen LogP contribution in [0.2, 0.25) is 0 Å². The maximum absolute atomic E-state index is 4.51. The number of hydrogen-bond acceptors (Lipinski definition) is 2. The molecule has 1 aromatic rings. The van der Waals surface area contributed by atoms with Gasteiger partial charge < -0.3 is 4.90 Å². The van der Waals surface area contributed by atoms with Crippen molar-refractivity contribution in [1.82, 2.24) is 4.98 Å². The van der Waals surface area contributed by atoms with Crippen molar-refractivity contribution in [2.24, 2.45) is 0 Å². The quantitative estimate of drug-likeness (QED) is 0.730. The van der Waals surface area contributed by atoms with E-state index in [4.69, 9.17) is 0 Å². The highest BCUT2D eigenvalue weighted by Crippen LogP contribution is 2.30. The summed E-state index contributed by atoms with van der Waals surface area (Å²) in [4.78, 5) is 7.41. The van der Waals surface area contributed by atoms with Crippen molar-refractivity contribution < 1.29 is 0 Å². The number of halogens is 2. The molecular formula is C13H18Br2N2. The van der Waals surface area contributed by atoms with E-state index < -0.39 is 0 Å². The smallest absolute Gasteiger partial charge is 0.128 e. The van der Waals surface area contributed by atoms with Crippen molar-refractivity contribution in [2.75, 3.05) is 11.9 Å². The summed E-state index contributed by atoms with van der Waals surface area (Å²) in [6.45, 7) is 2.11. The monoisotopic (exact) mass is 360 g/mol. The summed E-state index contributed by atoms with van der Waals surface area (Å²) in [6.07, 6.45) is 7.08. The van der Waals surface area contributed by atoms with Gasteiger partial charge in [-0.2, -0.15) is 0 Å². The summed E-state index contributed by atoms with van der Waals surface area (Å²) < 4.78 is 1.08. The molecule has 1 heterocycles. The van der Waals surface area contributed by atoms with E-state index in [0.29, 0.717) is 10.9 Å². The average Bonchev–Trinajstić information content (AvgIpc) is 2.32. The van der Waals surface area contributed by atoms with Crippen LogP contribution in [0.4, 0.5) is 5.82 Å². The zero-order valence-electron chi connectivity index (χ0n) is 10.3. The third-order valence-corrected chi connectivity index (χ3v) is 5.44. The number of nitrogens with zero attached hydrogens (tertiary/aromatic N) is 2. The van der Waals surface area contributed by atoms with E-state index in [1.165, 1.54) is 31.2 Å². The lowest BCUT2D eigenvalue weighted by Gasteiger charge is -2.36. The van der Waals surface area contributed by atoms with Crippen molar-refractivity contribution >= 4 is 37.7 Å². The van der Waals surface area contributed by atoms with E-state index in [-0.39, 0.29) is 0 Å². The van der Waals surface area contributed by atoms with Gasteiger partial charge in [-0.25, -0.2) is 4.98 Å². The first kappa shape index (κ1) is 13.3. The fourth-order valence-corrected chi connectivity index (χ4v) is 3.55. The molecule has 1 fully saturated rings. The van der Waals surface area contributed by atoms with Crippen LogP contribution >= 0.6 is 31.9 Å². The molecule has 0 amide bonds. The maximum atomic E-state index is 4.51. The fraction of sp³-hybridized carbons (Fsp3) is 0.615. The predicted molar refractivity (Wildman–Crippen MR) is 80.0 cm³/mol. The van der Waals surface area contributed by atoms with Crippen LogP contribution in [-0.4, -0.2) is 22.9 Å². The van der Waals surface area contributed by atoms with E-state index in [1.807, 2.05) is 6.20 Å². The molecule has 17 heavy (non-hydrogen) atoms. The number of pyridine rings is 1. The third-order valence-electron chi connectivity index (χ3n) is 3.54. The summed E-state index contributed by atoms with van der Waals surface area (Å²) in [7, 11) is 2.15. The molecule has 4 heteroatoms. The Balaban J connectivity index is 2.17. The minimum absolute atomic E-state index is 0.567. The van der Waals surface area contributed by atoms with Gasteiger partial charge >= 0.3 is 0 Å². The molecule has 0 radical (unpaired) electrons. The molecule has 1 saturated carbocycles. The lowest BCUT2D eigenvalue weighted by molar-refractivity contribution is 0.442. The van der Waals surface area contributed by atoms with Gasteiger partial charge in [-0.15, -0.1) is 0 Å². The summed E-state index contributed by atoms with van der Waals surface area (Å²) in [5.74, 6) is 1.07. The molecular weight excluding hydrogens is 344 g/mol. The van der Waals surface area contributed by atoms with E-state index >= 15 is 0 Å². The van der Waals surface area contributed by atoms with Crippen molar-refractivity contribution in [3.63, 3.8) is 0 Å². The highest BCUT2D eigenvalue weighted by Gasteiger charge is 2.27. The van der Waals surface area contributed by atoms with E-state index in [0.717, 1.165) is 10.3 Å². The normalized spacial score (nSPS) is 24.7. The largest absolute Gasteiger partial charge is 0.356 e. The second-order valence-electron chi connectivity index (χ2n) is 4.77. The van der Waals surface area contributed by atoms with Crippen LogP contribution in [-0.2, 0) is 0 Å². The van der Waals surface area contributed by atoms with Crippen LogP contribution in [0.1, 0.15) is 31.2 Å².